The van der Waals surface area contributed by atoms with Gasteiger partial charge in [0.25, 0.3) is 5.89 Å². The molecule has 0 N–H and O–H groups in total. The minimum absolute atomic E-state index is 0.00900. The molecule has 1 aromatic carbocycles. The van der Waals surface area contributed by atoms with Gasteiger partial charge in [-0.2, -0.15) is 4.98 Å². The summed E-state index contributed by atoms with van der Waals surface area (Å²) in [5, 5.41) is 5.71. The van der Waals surface area contributed by atoms with E-state index in [1.165, 1.54) is 49.7 Å². The predicted octanol–water partition coefficient (Wildman–Crippen LogP) is 2.41. The molecule has 8 nitrogen and oxygen atoms in total. The van der Waals surface area contributed by atoms with Crippen molar-refractivity contribution in [1.29, 1.82) is 0 Å². The summed E-state index contributed by atoms with van der Waals surface area (Å²) in [4.78, 5) is 17.2. The van der Waals surface area contributed by atoms with Crippen molar-refractivity contribution in [3.8, 4) is 10.7 Å². The molecular formula is C16H15N3O5S2. The quantitative estimate of drug-likeness (QED) is 0.593. The smallest absolute Gasteiger partial charge is 0.338 e. The minimum atomic E-state index is -3.64. The Balaban J connectivity index is 1.69. The highest BCUT2D eigenvalue weighted by molar-refractivity contribution is 7.89. The number of carbonyl (C=O) groups excluding carboxylic acids is 1. The van der Waals surface area contributed by atoms with Gasteiger partial charge in [0.1, 0.15) is 0 Å². The number of hydrogen-bond acceptors (Lipinski definition) is 8. The highest BCUT2D eigenvalue weighted by atomic mass is 32.2. The van der Waals surface area contributed by atoms with Crippen LogP contribution in [0, 0.1) is 0 Å². The van der Waals surface area contributed by atoms with Gasteiger partial charge in [0.05, 0.1) is 15.3 Å². The maximum absolute atomic E-state index is 12.2. The summed E-state index contributed by atoms with van der Waals surface area (Å²) in [7, 11) is -0.800. The summed E-state index contributed by atoms with van der Waals surface area (Å²) >= 11 is 1.46. The molecule has 0 spiro atoms. The van der Waals surface area contributed by atoms with Gasteiger partial charge >= 0.3 is 5.97 Å². The molecule has 0 atom stereocenters. The van der Waals surface area contributed by atoms with Gasteiger partial charge in [-0.15, -0.1) is 11.3 Å². The van der Waals surface area contributed by atoms with E-state index >= 15 is 0 Å². The maximum atomic E-state index is 12.2. The van der Waals surface area contributed by atoms with Gasteiger partial charge < -0.3 is 9.26 Å². The van der Waals surface area contributed by atoms with E-state index in [2.05, 4.69) is 10.1 Å². The fraction of sp³-hybridized carbons (Fsp3) is 0.188. The van der Waals surface area contributed by atoms with Gasteiger partial charge in [-0.05, 0) is 29.6 Å². The standard InChI is InChI=1S/C16H15N3O5S2/c1-19(2)26(21,22)12-6-3-5-11(9-12)16(20)23-10-14-17-15(18-24-14)13-7-4-8-25-13/h3-9H,10H2,1-2H3. The van der Waals surface area contributed by atoms with Crippen LogP contribution in [0.4, 0.5) is 0 Å². The molecule has 0 saturated heterocycles. The van der Waals surface area contributed by atoms with Crippen LogP contribution in [0.5, 0.6) is 0 Å². The van der Waals surface area contributed by atoms with Crippen molar-refractivity contribution < 1.29 is 22.5 Å². The van der Waals surface area contributed by atoms with Crippen LogP contribution < -0.4 is 0 Å². The summed E-state index contributed by atoms with van der Waals surface area (Å²) in [6, 6.07) is 9.35. The van der Waals surface area contributed by atoms with Gasteiger partial charge in [0.15, 0.2) is 6.61 Å². The Labute approximate surface area is 154 Å². The molecule has 0 saturated carbocycles. The van der Waals surface area contributed by atoms with Gasteiger partial charge in [-0.25, -0.2) is 17.5 Å². The zero-order valence-corrected chi connectivity index (χ0v) is 15.6. The zero-order valence-electron chi connectivity index (χ0n) is 13.9. The van der Waals surface area contributed by atoms with Crippen LogP contribution in [-0.4, -0.2) is 42.9 Å². The van der Waals surface area contributed by atoms with Crippen molar-refractivity contribution >= 4 is 27.3 Å². The molecule has 0 aliphatic rings. The SMILES string of the molecule is CN(C)S(=O)(=O)c1cccc(C(=O)OCc2nc(-c3cccs3)no2)c1. The van der Waals surface area contributed by atoms with Crippen LogP contribution in [0.3, 0.4) is 0 Å². The topological polar surface area (TPSA) is 103 Å². The molecule has 3 rings (SSSR count). The molecule has 2 heterocycles. The molecule has 0 amide bonds. The number of ether oxygens (including phenoxy) is 1. The highest BCUT2D eigenvalue weighted by Gasteiger charge is 2.19. The molecule has 10 heteroatoms. The van der Waals surface area contributed by atoms with Crippen molar-refractivity contribution in [3.63, 3.8) is 0 Å². The molecule has 136 valence electrons. The minimum Gasteiger partial charge on any atom is -0.452 e. The predicted molar refractivity (Wildman–Crippen MR) is 94.0 cm³/mol. The number of benzene rings is 1. The van der Waals surface area contributed by atoms with E-state index in [1.54, 1.807) is 0 Å². The van der Waals surface area contributed by atoms with E-state index in [1.807, 2.05) is 17.5 Å². The van der Waals surface area contributed by atoms with Crippen molar-refractivity contribution in [2.45, 2.75) is 11.5 Å². The van der Waals surface area contributed by atoms with Crippen LogP contribution in [-0.2, 0) is 21.4 Å². The lowest BCUT2D eigenvalue weighted by atomic mass is 10.2. The number of sulfonamides is 1. The van der Waals surface area contributed by atoms with Crippen LogP contribution in [0.25, 0.3) is 10.7 Å². The molecule has 0 fully saturated rings. The van der Waals surface area contributed by atoms with E-state index in [9.17, 15) is 13.2 Å². The van der Waals surface area contributed by atoms with E-state index < -0.39 is 16.0 Å². The third kappa shape index (κ3) is 3.82. The Morgan fingerprint density at radius 3 is 2.77 bits per heavy atom. The average Bonchev–Trinajstić information content (AvgIpc) is 3.31. The highest BCUT2D eigenvalue weighted by Crippen LogP contribution is 2.21. The van der Waals surface area contributed by atoms with Crippen LogP contribution in [0.15, 0.2) is 51.2 Å². The fourth-order valence-electron chi connectivity index (χ4n) is 2.02. The third-order valence-corrected chi connectivity index (χ3v) is 6.06. The Bertz CT molecular complexity index is 1010. The van der Waals surface area contributed by atoms with Gasteiger partial charge in [-0.3, -0.25) is 0 Å². The van der Waals surface area contributed by atoms with E-state index in [0.717, 1.165) is 9.18 Å². The summed E-state index contributed by atoms with van der Waals surface area (Å²) in [5.74, 6) is -0.111. The van der Waals surface area contributed by atoms with Crippen LogP contribution >= 0.6 is 11.3 Å². The monoisotopic (exact) mass is 393 g/mol. The van der Waals surface area contributed by atoms with Crippen LogP contribution in [0.1, 0.15) is 16.2 Å². The lowest BCUT2D eigenvalue weighted by Crippen LogP contribution is -2.22. The number of nitrogens with zero attached hydrogens (tertiary/aromatic N) is 3. The number of esters is 1. The summed E-state index contributed by atoms with van der Waals surface area (Å²) in [6.07, 6.45) is 0. The summed E-state index contributed by atoms with van der Waals surface area (Å²) in [5.41, 5.74) is 0.117. The molecule has 0 bridgehead atoms. The Hall–Kier alpha value is -2.56. The first kappa shape index (κ1) is 18.2. The number of aromatic nitrogens is 2. The summed E-state index contributed by atoms with van der Waals surface area (Å²) in [6.45, 7) is -0.206. The largest absolute Gasteiger partial charge is 0.452 e. The molecular weight excluding hydrogens is 378 g/mol. The lowest BCUT2D eigenvalue weighted by Gasteiger charge is -2.11. The molecule has 0 aliphatic carbocycles. The van der Waals surface area contributed by atoms with Gasteiger partial charge in [-0.1, -0.05) is 17.3 Å². The first-order valence-electron chi connectivity index (χ1n) is 7.44. The van der Waals surface area contributed by atoms with Crippen molar-refractivity contribution in [2.75, 3.05) is 14.1 Å². The first-order chi connectivity index (χ1) is 12.4. The average molecular weight is 393 g/mol. The summed E-state index contributed by atoms with van der Waals surface area (Å²) < 4.78 is 35.5. The van der Waals surface area contributed by atoms with E-state index in [-0.39, 0.29) is 23.0 Å². The Morgan fingerprint density at radius 2 is 2.08 bits per heavy atom. The second kappa shape index (κ2) is 7.36. The second-order valence-electron chi connectivity index (χ2n) is 5.38. The first-order valence-corrected chi connectivity index (χ1v) is 9.76. The maximum Gasteiger partial charge on any atom is 0.338 e. The number of rotatable bonds is 6. The zero-order chi connectivity index (χ0) is 18.7. The number of hydrogen-bond donors (Lipinski definition) is 0. The van der Waals surface area contributed by atoms with Gasteiger partial charge in [0, 0.05) is 14.1 Å². The molecule has 3 aromatic rings. The Morgan fingerprint density at radius 1 is 1.27 bits per heavy atom. The van der Waals surface area contributed by atoms with Crippen molar-refractivity contribution in [3.05, 3.63) is 53.2 Å². The number of thiophene rings is 1. The van der Waals surface area contributed by atoms with E-state index in [0.29, 0.717) is 5.82 Å². The molecule has 0 aliphatic heterocycles. The van der Waals surface area contributed by atoms with Crippen molar-refractivity contribution in [1.82, 2.24) is 14.4 Å². The van der Waals surface area contributed by atoms with Crippen LogP contribution in [0.2, 0.25) is 0 Å². The second-order valence-corrected chi connectivity index (χ2v) is 8.48. The lowest BCUT2D eigenvalue weighted by molar-refractivity contribution is 0.0429. The van der Waals surface area contributed by atoms with Gasteiger partial charge in [0.2, 0.25) is 15.8 Å². The third-order valence-electron chi connectivity index (χ3n) is 3.38. The Kier molecular flexibility index (Phi) is 5.16. The van der Waals surface area contributed by atoms with Crippen molar-refractivity contribution in [2.24, 2.45) is 0 Å². The molecule has 0 radical (unpaired) electrons. The number of carbonyl (C=O) groups is 1. The molecule has 2 aromatic heterocycles. The normalized spacial score (nSPS) is 11.7. The van der Waals surface area contributed by atoms with E-state index in [4.69, 9.17) is 9.26 Å². The fourth-order valence-corrected chi connectivity index (χ4v) is 3.62. The molecule has 0 unspecified atom stereocenters. The molecule has 26 heavy (non-hydrogen) atoms.